The summed E-state index contributed by atoms with van der Waals surface area (Å²) in [5, 5.41) is 6.74. The van der Waals surface area contributed by atoms with Crippen molar-refractivity contribution in [3.8, 4) is 0 Å². The molecule has 0 bridgehead atoms. The number of guanidine groups is 1. The average Bonchev–Trinajstić information content (AvgIpc) is 3.20. The summed E-state index contributed by atoms with van der Waals surface area (Å²) in [5.41, 5.74) is 1.09. The molecule has 2 rings (SSSR count). The summed E-state index contributed by atoms with van der Waals surface area (Å²) in [6, 6.07) is 5.24. The van der Waals surface area contributed by atoms with Gasteiger partial charge in [-0.2, -0.15) is 0 Å². The largest absolute Gasteiger partial charge is 0.459 e. The maximum absolute atomic E-state index is 11.8. The summed E-state index contributed by atoms with van der Waals surface area (Å²) < 4.78 is 7.04. The van der Waals surface area contributed by atoms with Gasteiger partial charge in [0.25, 0.3) is 5.91 Å². The van der Waals surface area contributed by atoms with E-state index in [0.717, 1.165) is 18.2 Å². The minimum atomic E-state index is -0.239. The number of carbonyl (C=O) groups is 1. The molecule has 0 aliphatic heterocycles. The topological polar surface area (TPSA) is 74.8 Å². The maximum Gasteiger partial charge on any atom is 0.287 e. The van der Waals surface area contributed by atoms with Crippen molar-refractivity contribution in [3.05, 3.63) is 47.1 Å². The summed E-state index contributed by atoms with van der Waals surface area (Å²) in [4.78, 5) is 18.4. The van der Waals surface area contributed by atoms with E-state index in [4.69, 9.17) is 16.0 Å². The van der Waals surface area contributed by atoms with Gasteiger partial charge in [-0.25, -0.2) is 0 Å². The monoisotopic (exact) mass is 493 g/mol. The highest BCUT2D eigenvalue weighted by atomic mass is 127. The molecule has 1 amide bonds. The minimum Gasteiger partial charge on any atom is -0.459 e. The van der Waals surface area contributed by atoms with Gasteiger partial charge in [-0.05, 0) is 25.1 Å². The van der Waals surface area contributed by atoms with Crippen molar-refractivity contribution in [1.82, 2.24) is 20.1 Å². The first-order valence-electron chi connectivity index (χ1n) is 8.13. The van der Waals surface area contributed by atoms with Gasteiger partial charge in [0.1, 0.15) is 0 Å². The summed E-state index contributed by atoms with van der Waals surface area (Å²) in [6.45, 7) is 4.34. The van der Waals surface area contributed by atoms with Crippen molar-refractivity contribution in [3.63, 3.8) is 0 Å². The van der Waals surface area contributed by atoms with Crippen molar-refractivity contribution >= 4 is 47.4 Å². The number of aryl methyl sites for hydroxylation is 1. The highest BCUT2D eigenvalue weighted by Gasteiger charge is 2.10. The Kier molecular flexibility index (Phi) is 9.57. The molecule has 0 saturated carbocycles. The standard InChI is InChI=1S/C17H24ClN5O2.HI/c1-4-19-17(23(3)12-14-10-13(18)11-22(14)2)21-8-7-20-16(24)15-6-5-9-25-15;/h5-6,9-11H,4,7-8,12H2,1-3H3,(H,19,21)(H,20,24);1H. The van der Waals surface area contributed by atoms with Crippen molar-refractivity contribution in [2.24, 2.45) is 12.0 Å². The number of carbonyl (C=O) groups excluding carboxylic acids is 1. The SMILES string of the molecule is CCNC(=NCCNC(=O)c1ccco1)N(C)Cc1cc(Cl)cn1C.I. The van der Waals surface area contributed by atoms with Crippen molar-refractivity contribution in [2.75, 3.05) is 26.7 Å². The predicted molar refractivity (Wildman–Crippen MR) is 114 cm³/mol. The van der Waals surface area contributed by atoms with Gasteiger partial charge >= 0.3 is 0 Å². The van der Waals surface area contributed by atoms with E-state index < -0.39 is 0 Å². The molecule has 0 spiro atoms. The molecule has 2 heterocycles. The molecule has 2 aromatic heterocycles. The Hall–Kier alpha value is -1.68. The zero-order valence-corrected chi connectivity index (χ0v) is 18.2. The highest BCUT2D eigenvalue weighted by molar-refractivity contribution is 14.0. The van der Waals surface area contributed by atoms with Crippen LogP contribution in [0.4, 0.5) is 0 Å². The molecule has 0 fully saturated rings. The summed E-state index contributed by atoms with van der Waals surface area (Å²) in [5.74, 6) is 0.831. The summed E-state index contributed by atoms with van der Waals surface area (Å²) >= 11 is 6.03. The van der Waals surface area contributed by atoms with E-state index in [1.807, 2.05) is 42.7 Å². The molecule has 0 unspecified atom stereocenters. The first-order valence-corrected chi connectivity index (χ1v) is 8.51. The van der Waals surface area contributed by atoms with Crippen LogP contribution in [0, 0.1) is 0 Å². The van der Waals surface area contributed by atoms with Crippen LogP contribution in [0.3, 0.4) is 0 Å². The van der Waals surface area contributed by atoms with Gasteiger partial charge in [0.15, 0.2) is 11.7 Å². The number of aliphatic imine (C=N–C) groups is 1. The second-order valence-electron chi connectivity index (χ2n) is 5.59. The number of aromatic nitrogens is 1. The van der Waals surface area contributed by atoms with Gasteiger partial charge in [0.05, 0.1) is 24.4 Å². The third kappa shape index (κ3) is 6.56. The average molecular weight is 494 g/mol. The fraction of sp³-hybridized carbons (Fsp3) is 0.412. The van der Waals surface area contributed by atoms with Crippen LogP contribution in [0.5, 0.6) is 0 Å². The molecule has 9 heteroatoms. The van der Waals surface area contributed by atoms with Gasteiger partial charge < -0.3 is 24.5 Å². The Morgan fingerprint density at radius 1 is 1.42 bits per heavy atom. The fourth-order valence-electron chi connectivity index (χ4n) is 2.34. The highest BCUT2D eigenvalue weighted by Crippen LogP contribution is 2.14. The molecule has 2 N–H and O–H groups in total. The lowest BCUT2D eigenvalue weighted by Gasteiger charge is -2.22. The van der Waals surface area contributed by atoms with E-state index in [2.05, 4.69) is 15.6 Å². The number of halogens is 2. The van der Waals surface area contributed by atoms with Gasteiger partial charge in [-0.3, -0.25) is 9.79 Å². The maximum atomic E-state index is 11.8. The van der Waals surface area contributed by atoms with Gasteiger partial charge in [0, 0.05) is 39.1 Å². The molecule has 0 aliphatic carbocycles. The lowest BCUT2D eigenvalue weighted by molar-refractivity contribution is 0.0927. The van der Waals surface area contributed by atoms with Crippen LogP contribution in [0.2, 0.25) is 5.02 Å². The quantitative estimate of drug-likeness (QED) is 0.269. The zero-order valence-electron chi connectivity index (χ0n) is 15.2. The molecule has 7 nitrogen and oxygen atoms in total. The Labute approximate surface area is 175 Å². The smallest absolute Gasteiger partial charge is 0.287 e. The predicted octanol–water partition coefficient (Wildman–Crippen LogP) is 2.72. The molecule has 26 heavy (non-hydrogen) atoms. The summed E-state index contributed by atoms with van der Waals surface area (Å²) in [7, 11) is 3.92. The molecule has 0 radical (unpaired) electrons. The lowest BCUT2D eigenvalue weighted by atomic mass is 10.4. The van der Waals surface area contributed by atoms with Crippen LogP contribution >= 0.6 is 35.6 Å². The number of hydrogen-bond donors (Lipinski definition) is 2. The molecule has 0 aromatic carbocycles. The Balaban J connectivity index is 0.00000338. The van der Waals surface area contributed by atoms with Crippen molar-refractivity contribution < 1.29 is 9.21 Å². The zero-order chi connectivity index (χ0) is 18.2. The van der Waals surface area contributed by atoms with Crippen LogP contribution in [-0.2, 0) is 13.6 Å². The van der Waals surface area contributed by atoms with E-state index in [1.54, 1.807) is 12.1 Å². The third-order valence-corrected chi connectivity index (χ3v) is 3.78. The molecular formula is C17H25ClIN5O2. The lowest BCUT2D eigenvalue weighted by Crippen LogP contribution is -2.39. The number of nitrogens with zero attached hydrogens (tertiary/aromatic N) is 3. The normalized spacial score (nSPS) is 11.0. The number of furan rings is 1. The molecule has 0 atom stereocenters. The van der Waals surface area contributed by atoms with E-state index in [9.17, 15) is 4.79 Å². The Morgan fingerprint density at radius 3 is 2.77 bits per heavy atom. The third-order valence-electron chi connectivity index (χ3n) is 3.57. The van der Waals surface area contributed by atoms with Gasteiger partial charge in [-0.1, -0.05) is 11.6 Å². The Morgan fingerprint density at radius 2 is 2.19 bits per heavy atom. The van der Waals surface area contributed by atoms with E-state index >= 15 is 0 Å². The number of rotatable bonds is 7. The fourth-order valence-corrected chi connectivity index (χ4v) is 2.61. The number of hydrogen-bond acceptors (Lipinski definition) is 3. The first-order chi connectivity index (χ1) is 12.0. The van der Waals surface area contributed by atoms with Crippen LogP contribution in [0.1, 0.15) is 23.2 Å². The van der Waals surface area contributed by atoms with Gasteiger partial charge in [-0.15, -0.1) is 24.0 Å². The molecule has 144 valence electrons. The second kappa shape index (κ2) is 11.1. The minimum absolute atomic E-state index is 0. The van der Waals surface area contributed by atoms with Crippen molar-refractivity contribution in [2.45, 2.75) is 13.5 Å². The van der Waals surface area contributed by atoms with Crippen LogP contribution in [0.15, 0.2) is 40.1 Å². The molecule has 0 saturated heterocycles. The van der Waals surface area contributed by atoms with Gasteiger partial charge in [0.2, 0.25) is 0 Å². The molecular weight excluding hydrogens is 469 g/mol. The number of nitrogens with one attached hydrogen (secondary N) is 2. The van der Waals surface area contributed by atoms with E-state index in [0.29, 0.717) is 30.4 Å². The van der Waals surface area contributed by atoms with Crippen LogP contribution in [0.25, 0.3) is 0 Å². The molecule has 0 aliphatic rings. The van der Waals surface area contributed by atoms with Crippen molar-refractivity contribution in [1.29, 1.82) is 0 Å². The summed E-state index contributed by atoms with van der Waals surface area (Å²) in [6.07, 6.45) is 3.35. The molecule has 2 aromatic rings. The van der Waals surface area contributed by atoms with Crippen LogP contribution < -0.4 is 10.6 Å². The first kappa shape index (κ1) is 22.4. The Bertz CT molecular complexity index is 715. The van der Waals surface area contributed by atoms with E-state index in [-0.39, 0.29) is 29.9 Å². The van der Waals surface area contributed by atoms with Crippen LogP contribution in [-0.4, -0.2) is 48.0 Å². The number of amides is 1. The van der Waals surface area contributed by atoms with E-state index in [1.165, 1.54) is 6.26 Å². The second-order valence-corrected chi connectivity index (χ2v) is 6.02.